The summed E-state index contributed by atoms with van der Waals surface area (Å²) < 4.78 is 0. The number of fused-ring (bicyclic) bond motifs is 1. The molecule has 4 aromatic rings. The molecule has 5 rings (SSSR count). The molecule has 0 radical (unpaired) electrons. The van der Waals surface area contributed by atoms with E-state index in [0.717, 1.165) is 22.3 Å². The van der Waals surface area contributed by atoms with E-state index in [-0.39, 0.29) is 0 Å². The predicted molar refractivity (Wildman–Crippen MR) is 117 cm³/mol. The number of hydrogen-bond acceptors (Lipinski definition) is 1. The SMILES string of the molecule is NC1(c2ccccc2)C(c2ccccc2)=C(c2ccccc2)c2ccccc21. The van der Waals surface area contributed by atoms with Crippen LogP contribution in [0.5, 0.6) is 0 Å². The third-order valence-electron chi connectivity index (χ3n) is 5.62. The molecule has 0 amide bonds. The second-order valence-corrected chi connectivity index (χ2v) is 7.20. The normalized spacial score (nSPS) is 18.2. The van der Waals surface area contributed by atoms with Gasteiger partial charge in [0.05, 0.1) is 5.54 Å². The van der Waals surface area contributed by atoms with Gasteiger partial charge in [0.1, 0.15) is 0 Å². The van der Waals surface area contributed by atoms with Gasteiger partial charge < -0.3 is 5.73 Å². The molecule has 2 N–H and O–H groups in total. The second-order valence-electron chi connectivity index (χ2n) is 7.20. The van der Waals surface area contributed by atoms with Crippen LogP contribution in [0.1, 0.15) is 27.8 Å². The molecular formula is C27H21N. The van der Waals surface area contributed by atoms with Gasteiger partial charge in [-0.3, -0.25) is 0 Å². The van der Waals surface area contributed by atoms with E-state index >= 15 is 0 Å². The van der Waals surface area contributed by atoms with Crippen LogP contribution in [0, 0.1) is 0 Å². The number of benzene rings is 4. The number of rotatable bonds is 3. The first kappa shape index (κ1) is 16.7. The van der Waals surface area contributed by atoms with E-state index in [1.807, 2.05) is 6.07 Å². The molecule has 0 aliphatic heterocycles. The van der Waals surface area contributed by atoms with Crippen LogP contribution in [0.2, 0.25) is 0 Å². The summed E-state index contributed by atoms with van der Waals surface area (Å²) in [5.74, 6) is 0. The van der Waals surface area contributed by atoms with Crippen LogP contribution in [0.4, 0.5) is 0 Å². The van der Waals surface area contributed by atoms with E-state index < -0.39 is 5.54 Å². The van der Waals surface area contributed by atoms with Crippen molar-refractivity contribution in [3.63, 3.8) is 0 Å². The first-order chi connectivity index (χ1) is 13.8. The molecule has 1 heteroatoms. The molecule has 0 spiro atoms. The minimum absolute atomic E-state index is 0.704. The van der Waals surface area contributed by atoms with E-state index in [4.69, 9.17) is 5.73 Å². The average molecular weight is 359 g/mol. The summed E-state index contributed by atoms with van der Waals surface area (Å²) in [5.41, 5.74) is 14.8. The van der Waals surface area contributed by atoms with Gasteiger partial charge in [-0.05, 0) is 39.0 Å². The largest absolute Gasteiger partial charge is 0.314 e. The summed E-state index contributed by atoms with van der Waals surface area (Å²) in [7, 11) is 0. The fraction of sp³-hybridized carbons (Fsp3) is 0.0370. The van der Waals surface area contributed by atoms with Gasteiger partial charge in [0, 0.05) is 0 Å². The maximum Gasteiger partial charge on any atom is 0.0941 e. The monoisotopic (exact) mass is 359 g/mol. The fourth-order valence-corrected chi connectivity index (χ4v) is 4.39. The first-order valence-electron chi connectivity index (χ1n) is 9.60. The molecule has 1 atom stereocenters. The predicted octanol–water partition coefficient (Wildman–Crippen LogP) is 5.86. The Kier molecular flexibility index (Phi) is 3.96. The summed E-state index contributed by atoms with van der Waals surface area (Å²) >= 11 is 0. The van der Waals surface area contributed by atoms with Crippen molar-refractivity contribution in [2.75, 3.05) is 0 Å². The topological polar surface area (TPSA) is 26.0 Å². The summed E-state index contributed by atoms with van der Waals surface area (Å²) in [6.07, 6.45) is 0. The molecule has 1 unspecified atom stereocenters. The van der Waals surface area contributed by atoms with Crippen molar-refractivity contribution < 1.29 is 0 Å². The Morgan fingerprint density at radius 3 is 1.64 bits per heavy atom. The van der Waals surface area contributed by atoms with Gasteiger partial charge in [-0.25, -0.2) is 0 Å². The van der Waals surface area contributed by atoms with Gasteiger partial charge >= 0.3 is 0 Å². The van der Waals surface area contributed by atoms with Crippen molar-refractivity contribution in [2.24, 2.45) is 5.73 Å². The molecule has 134 valence electrons. The van der Waals surface area contributed by atoms with E-state index in [9.17, 15) is 0 Å². The van der Waals surface area contributed by atoms with Crippen molar-refractivity contribution >= 4 is 11.1 Å². The molecule has 0 heterocycles. The molecule has 0 bridgehead atoms. The standard InChI is InChI=1S/C27H21N/c28-27(22-16-8-3-9-17-22)24-19-11-10-18-23(24)25(20-12-4-1-5-13-20)26(27)21-14-6-2-7-15-21/h1-19H,28H2. The molecule has 0 aromatic heterocycles. The summed E-state index contributed by atoms with van der Waals surface area (Å²) in [5, 5.41) is 0. The van der Waals surface area contributed by atoms with Gasteiger partial charge in [0.2, 0.25) is 0 Å². The zero-order chi connectivity index (χ0) is 19.0. The van der Waals surface area contributed by atoms with Crippen molar-refractivity contribution in [3.05, 3.63) is 143 Å². The van der Waals surface area contributed by atoms with E-state index in [1.165, 1.54) is 16.7 Å². The van der Waals surface area contributed by atoms with Crippen molar-refractivity contribution in [3.8, 4) is 0 Å². The highest BCUT2D eigenvalue weighted by Gasteiger charge is 2.44. The van der Waals surface area contributed by atoms with Crippen LogP contribution in [-0.4, -0.2) is 0 Å². The Hall–Kier alpha value is -3.42. The van der Waals surface area contributed by atoms with E-state index in [0.29, 0.717) is 0 Å². The quantitative estimate of drug-likeness (QED) is 0.487. The minimum atomic E-state index is -0.704. The third kappa shape index (κ3) is 2.45. The molecule has 1 nitrogen and oxygen atoms in total. The lowest BCUT2D eigenvalue weighted by atomic mass is 9.78. The lowest BCUT2D eigenvalue weighted by Gasteiger charge is -2.31. The molecule has 0 fully saturated rings. The molecular weight excluding hydrogens is 338 g/mol. The van der Waals surface area contributed by atoms with Gasteiger partial charge in [-0.1, -0.05) is 115 Å². The van der Waals surface area contributed by atoms with Gasteiger partial charge in [0.25, 0.3) is 0 Å². The van der Waals surface area contributed by atoms with Crippen molar-refractivity contribution in [1.82, 2.24) is 0 Å². The summed E-state index contributed by atoms with van der Waals surface area (Å²) in [6, 6.07) is 40.1. The van der Waals surface area contributed by atoms with Gasteiger partial charge in [-0.15, -0.1) is 0 Å². The van der Waals surface area contributed by atoms with Gasteiger partial charge in [-0.2, -0.15) is 0 Å². The van der Waals surface area contributed by atoms with Crippen LogP contribution in [0.25, 0.3) is 11.1 Å². The Bertz CT molecular complexity index is 1140. The van der Waals surface area contributed by atoms with E-state index in [2.05, 4.69) is 109 Å². The average Bonchev–Trinajstić information content (AvgIpc) is 3.06. The van der Waals surface area contributed by atoms with Gasteiger partial charge in [0.15, 0.2) is 0 Å². The van der Waals surface area contributed by atoms with Crippen molar-refractivity contribution in [2.45, 2.75) is 5.54 Å². The second kappa shape index (κ2) is 6.63. The summed E-state index contributed by atoms with van der Waals surface area (Å²) in [6.45, 7) is 0. The smallest absolute Gasteiger partial charge is 0.0941 e. The van der Waals surface area contributed by atoms with Crippen LogP contribution in [0.15, 0.2) is 115 Å². The van der Waals surface area contributed by atoms with Crippen LogP contribution in [-0.2, 0) is 5.54 Å². The molecule has 0 saturated carbocycles. The zero-order valence-corrected chi connectivity index (χ0v) is 15.5. The fourth-order valence-electron chi connectivity index (χ4n) is 4.39. The zero-order valence-electron chi connectivity index (χ0n) is 15.5. The molecule has 1 aliphatic carbocycles. The number of nitrogens with two attached hydrogens (primary N) is 1. The Morgan fingerprint density at radius 2 is 1.00 bits per heavy atom. The Morgan fingerprint density at radius 1 is 0.500 bits per heavy atom. The lowest BCUT2D eigenvalue weighted by Crippen LogP contribution is -2.37. The highest BCUT2D eigenvalue weighted by atomic mass is 14.8. The highest BCUT2D eigenvalue weighted by molar-refractivity contribution is 6.08. The van der Waals surface area contributed by atoms with Crippen molar-refractivity contribution in [1.29, 1.82) is 0 Å². The third-order valence-corrected chi connectivity index (χ3v) is 5.62. The molecule has 0 saturated heterocycles. The summed E-state index contributed by atoms with van der Waals surface area (Å²) in [4.78, 5) is 0. The Labute approximate surface area is 165 Å². The lowest BCUT2D eigenvalue weighted by molar-refractivity contribution is 0.714. The molecule has 28 heavy (non-hydrogen) atoms. The number of hydrogen-bond donors (Lipinski definition) is 1. The van der Waals surface area contributed by atoms with Crippen LogP contribution < -0.4 is 5.73 Å². The maximum atomic E-state index is 7.34. The van der Waals surface area contributed by atoms with Crippen LogP contribution in [0.3, 0.4) is 0 Å². The van der Waals surface area contributed by atoms with E-state index in [1.54, 1.807) is 0 Å². The first-order valence-corrected chi connectivity index (χ1v) is 9.60. The molecule has 4 aromatic carbocycles. The highest BCUT2D eigenvalue weighted by Crippen LogP contribution is 2.53. The minimum Gasteiger partial charge on any atom is -0.314 e. The van der Waals surface area contributed by atoms with Crippen LogP contribution >= 0.6 is 0 Å². The molecule has 1 aliphatic rings. The maximum absolute atomic E-state index is 7.34. The Balaban J connectivity index is 1.92.